The molecular formula is C20H19N2O4S+. The summed E-state index contributed by atoms with van der Waals surface area (Å²) in [5.74, 6) is -2.03. The van der Waals surface area contributed by atoms with Crippen molar-refractivity contribution in [3.63, 3.8) is 0 Å². The molecule has 1 aromatic heterocycles. The summed E-state index contributed by atoms with van der Waals surface area (Å²) < 4.78 is 2.01. The van der Waals surface area contributed by atoms with E-state index in [-0.39, 0.29) is 17.0 Å². The van der Waals surface area contributed by atoms with E-state index in [0.29, 0.717) is 11.4 Å². The number of carbonyl (C=O) groups excluding carboxylic acids is 1. The maximum Gasteiger partial charge on any atom is 0.353 e. The van der Waals surface area contributed by atoms with Crippen molar-refractivity contribution in [2.24, 2.45) is 5.92 Å². The first kappa shape index (κ1) is 17.8. The van der Waals surface area contributed by atoms with Gasteiger partial charge in [-0.2, -0.15) is 0 Å². The molecule has 0 spiro atoms. The van der Waals surface area contributed by atoms with Crippen LogP contribution in [0.1, 0.15) is 18.1 Å². The highest BCUT2D eigenvalue weighted by Gasteiger charge is 2.57. The Morgan fingerprint density at radius 3 is 2.59 bits per heavy atom. The van der Waals surface area contributed by atoms with Crippen LogP contribution in [0.2, 0.25) is 0 Å². The number of pyridine rings is 1. The molecule has 138 valence electrons. The highest BCUT2D eigenvalue weighted by molar-refractivity contribution is 8.09. The van der Waals surface area contributed by atoms with Gasteiger partial charge >= 0.3 is 5.97 Å². The zero-order chi connectivity index (χ0) is 19.1. The zero-order valence-corrected chi connectivity index (χ0v) is 15.5. The van der Waals surface area contributed by atoms with Crippen LogP contribution in [-0.2, 0) is 16.1 Å². The van der Waals surface area contributed by atoms with E-state index in [9.17, 15) is 19.8 Å². The first-order valence-corrected chi connectivity index (χ1v) is 9.54. The number of rotatable bonds is 5. The van der Waals surface area contributed by atoms with Crippen LogP contribution in [0.25, 0.3) is 4.91 Å². The minimum Gasteiger partial charge on any atom is -0.477 e. The van der Waals surface area contributed by atoms with E-state index in [2.05, 4.69) is 0 Å². The third-order valence-electron chi connectivity index (χ3n) is 4.89. The quantitative estimate of drug-likeness (QED) is 0.607. The normalized spacial score (nSPS) is 22.4. The van der Waals surface area contributed by atoms with E-state index in [1.807, 2.05) is 59.4 Å². The fraction of sp³-hybridized carbons (Fsp3) is 0.250. The van der Waals surface area contributed by atoms with Crippen molar-refractivity contribution in [1.29, 1.82) is 0 Å². The molecule has 27 heavy (non-hydrogen) atoms. The van der Waals surface area contributed by atoms with Crippen LogP contribution in [-0.4, -0.2) is 38.5 Å². The van der Waals surface area contributed by atoms with Crippen LogP contribution in [0.4, 0.5) is 0 Å². The molecule has 1 saturated heterocycles. The predicted octanol–water partition coefficient (Wildman–Crippen LogP) is 1.69. The van der Waals surface area contributed by atoms with E-state index in [4.69, 9.17) is 0 Å². The molecule has 4 rings (SSSR count). The van der Waals surface area contributed by atoms with Crippen LogP contribution in [0.15, 0.2) is 60.6 Å². The van der Waals surface area contributed by atoms with Gasteiger partial charge in [0.15, 0.2) is 18.9 Å². The number of carboxylic acids is 1. The number of thioether (sulfide) groups is 1. The molecule has 1 amide bonds. The lowest BCUT2D eigenvalue weighted by Gasteiger charge is -2.43. The molecule has 1 fully saturated rings. The molecule has 7 heteroatoms. The Bertz CT molecular complexity index is 942. The molecule has 3 atom stereocenters. The van der Waals surface area contributed by atoms with Gasteiger partial charge < -0.3 is 10.2 Å². The van der Waals surface area contributed by atoms with E-state index in [1.54, 1.807) is 6.92 Å². The number of aliphatic carboxylic acids is 1. The smallest absolute Gasteiger partial charge is 0.353 e. The number of nitrogens with zero attached hydrogens (tertiary/aromatic N) is 2. The van der Waals surface area contributed by atoms with Gasteiger partial charge in [-0.25, -0.2) is 9.36 Å². The second-order valence-corrected chi connectivity index (χ2v) is 7.80. The summed E-state index contributed by atoms with van der Waals surface area (Å²) in [6, 6.07) is 13.4. The fourth-order valence-electron chi connectivity index (χ4n) is 3.59. The van der Waals surface area contributed by atoms with E-state index < -0.39 is 18.0 Å². The van der Waals surface area contributed by atoms with Crippen molar-refractivity contribution in [3.8, 4) is 0 Å². The molecule has 2 N–H and O–H groups in total. The van der Waals surface area contributed by atoms with Crippen LogP contribution < -0.4 is 4.57 Å². The highest BCUT2D eigenvalue weighted by atomic mass is 32.2. The average Bonchev–Trinajstić information content (AvgIpc) is 2.98. The minimum absolute atomic E-state index is 0.0115. The fourth-order valence-corrected chi connectivity index (χ4v) is 5.26. The standard InChI is InChI=1S/C20H18N2O4S/c1-12(23)15-18(24)22-16(20(25)26)17(27-19(15)22)14-8-4-3-7-13(14)11-21-9-5-2-6-10-21/h2-10,12,15,19,23H,11H2,1H3/p+1/t12-,15+,19-/m1/s1. The molecule has 6 nitrogen and oxygen atoms in total. The lowest BCUT2D eigenvalue weighted by molar-refractivity contribution is -0.688. The number of benzene rings is 1. The van der Waals surface area contributed by atoms with Gasteiger partial charge in [0.25, 0.3) is 0 Å². The number of carboxylic acid groups (broad SMARTS) is 1. The summed E-state index contributed by atoms with van der Waals surface area (Å²) in [5, 5.41) is 19.3. The number of hydrogen-bond acceptors (Lipinski definition) is 4. The third-order valence-corrected chi connectivity index (χ3v) is 6.29. The highest BCUT2D eigenvalue weighted by Crippen LogP contribution is 2.54. The molecular weight excluding hydrogens is 364 g/mol. The number of aromatic nitrogens is 1. The number of hydrogen-bond donors (Lipinski definition) is 2. The second-order valence-electron chi connectivity index (χ2n) is 6.67. The van der Waals surface area contributed by atoms with Gasteiger partial charge in [0, 0.05) is 22.6 Å². The van der Waals surface area contributed by atoms with Crippen LogP contribution in [0.3, 0.4) is 0 Å². The number of fused-ring (bicyclic) bond motifs is 1. The van der Waals surface area contributed by atoms with Gasteiger partial charge in [-0.15, -0.1) is 0 Å². The molecule has 2 aliphatic heterocycles. The summed E-state index contributed by atoms with van der Waals surface area (Å²) in [6.45, 7) is 2.16. The lowest BCUT2D eigenvalue weighted by atomic mass is 9.92. The molecule has 0 unspecified atom stereocenters. The minimum atomic E-state index is -1.13. The van der Waals surface area contributed by atoms with Crippen molar-refractivity contribution in [3.05, 3.63) is 71.7 Å². The summed E-state index contributed by atoms with van der Waals surface area (Å²) in [4.78, 5) is 26.2. The van der Waals surface area contributed by atoms with Gasteiger partial charge in [-0.05, 0) is 12.5 Å². The van der Waals surface area contributed by atoms with Gasteiger partial charge in [0.1, 0.15) is 11.1 Å². The molecule has 0 radical (unpaired) electrons. The van der Waals surface area contributed by atoms with Gasteiger partial charge in [-0.3, -0.25) is 9.69 Å². The van der Waals surface area contributed by atoms with Crippen molar-refractivity contribution in [1.82, 2.24) is 4.90 Å². The largest absolute Gasteiger partial charge is 0.477 e. The number of aliphatic hydroxyl groups is 1. The Balaban J connectivity index is 1.75. The number of aliphatic hydroxyl groups excluding tert-OH is 1. The Hall–Kier alpha value is -2.64. The summed E-state index contributed by atoms with van der Waals surface area (Å²) in [5.41, 5.74) is 1.79. The molecule has 3 heterocycles. The number of β-lactam (4-membered cyclic amide) rings is 1. The van der Waals surface area contributed by atoms with Crippen molar-refractivity contribution < 1.29 is 24.4 Å². The Kier molecular flexibility index (Phi) is 4.49. The van der Waals surface area contributed by atoms with E-state index >= 15 is 0 Å². The van der Waals surface area contributed by atoms with Crippen molar-refractivity contribution >= 4 is 28.5 Å². The molecule has 2 aromatic rings. The van der Waals surface area contributed by atoms with Crippen molar-refractivity contribution in [2.45, 2.75) is 24.9 Å². The second kappa shape index (κ2) is 6.83. The zero-order valence-electron chi connectivity index (χ0n) is 14.6. The van der Waals surface area contributed by atoms with Crippen LogP contribution >= 0.6 is 11.8 Å². The van der Waals surface area contributed by atoms with E-state index in [1.165, 1.54) is 16.7 Å². The van der Waals surface area contributed by atoms with Crippen LogP contribution in [0, 0.1) is 5.92 Å². The first-order chi connectivity index (χ1) is 13.0. The molecule has 0 saturated carbocycles. The summed E-state index contributed by atoms with van der Waals surface area (Å²) in [6.07, 6.45) is 3.09. The van der Waals surface area contributed by atoms with Crippen LogP contribution in [0.5, 0.6) is 0 Å². The van der Waals surface area contributed by atoms with Crippen molar-refractivity contribution in [2.75, 3.05) is 0 Å². The SMILES string of the molecule is C[C@@H](O)[C@H]1C(=O)N2C(C(=O)O)=C(c3ccccc3C[n+]3ccccc3)S[C@H]12. The maximum absolute atomic E-state index is 12.4. The average molecular weight is 383 g/mol. The Morgan fingerprint density at radius 2 is 1.93 bits per heavy atom. The maximum atomic E-state index is 12.4. The summed E-state index contributed by atoms with van der Waals surface area (Å²) >= 11 is 1.35. The molecule has 0 bridgehead atoms. The molecule has 0 aliphatic carbocycles. The molecule has 1 aromatic carbocycles. The van der Waals surface area contributed by atoms with E-state index in [0.717, 1.165) is 11.1 Å². The summed E-state index contributed by atoms with van der Waals surface area (Å²) in [7, 11) is 0. The van der Waals surface area contributed by atoms with Gasteiger partial charge in [0.2, 0.25) is 5.91 Å². The van der Waals surface area contributed by atoms with Gasteiger partial charge in [0.05, 0.1) is 12.0 Å². The molecule has 2 aliphatic rings. The number of amides is 1. The Labute approximate surface area is 160 Å². The Morgan fingerprint density at radius 1 is 1.22 bits per heavy atom. The van der Waals surface area contributed by atoms with Gasteiger partial charge in [-0.1, -0.05) is 42.1 Å². The number of carbonyl (C=O) groups is 2. The first-order valence-electron chi connectivity index (χ1n) is 8.66. The predicted molar refractivity (Wildman–Crippen MR) is 100 cm³/mol. The monoisotopic (exact) mass is 383 g/mol. The topological polar surface area (TPSA) is 81.7 Å². The lowest BCUT2D eigenvalue weighted by Crippen LogP contribution is -2.60. The third kappa shape index (κ3) is 2.93.